The van der Waals surface area contributed by atoms with Crippen LogP contribution in [0, 0.1) is 0 Å². The van der Waals surface area contributed by atoms with Crippen molar-refractivity contribution < 1.29 is 36.2 Å². The fourth-order valence-corrected chi connectivity index (χ4v) is 7.13. The Morgan fingerprint density at radius 2 is 1.74 bits per heavy atom. The van der Waals surface area contributed by atoms with Crippen LogP contribution in [0.3, 0.4) is 0 Å². The van der Waals surface area contributed by atoms with E-state index in [1.54, 1.807) is 13.8 Å². The number of aliphatic hydroxyl groups is 1. The molecule has 5 rings (SSSR count). The van der Waals surface area contributed by atoms with E-state index >= 15 is 0 Å². The summed E-state index contributed by atoms with van der Waals surface area (Å²) < 4.78 is 74.1. The fraction of sp³-hybridized carbons (Fsp3) is 0.405. The van der Waals surface area contributed by atoms with Crippen LogP contribution in [-0.4, -0.2) is 74.0 Å². The third kappa shape index (κ3) is 8.81. The summed E-state index contributed by atoms with van der Waals surface area (Å²) >= 11 is 0. The summed E-state index contributed by atoms with van der Waals surface area (Å²) in [4.78, 5) is 21.4. The van der Waals surface area contributed by atoms with Crippen molar-refractivity contribution in [2.24, 2.45) is 0 Å². The van der Waals surface area contributed by atoms with Gasteiger partial charge in [0.05, 0.1) is 41.1 Å². The number of fused-ring (bicyclic) bond motifs is 1. The van der Waals surface area contributed by atoms with Crippen LogP contribution in [0.2, 0.25) is 0 Å². The maximum Gasteiger partial charge on any atom is 0.416 e. The number of halogens is 3. The molecule has 1 amide bonds. The number of pyridine rings is 1. The Morgan fingerprint density at radius 3 is 2.36 bits per heavy atom. The van der Waals surface area contributed by atoms with Crippen LogP contribution in [0.25, 0.3) is 22.2 Å². The summed E-state index contributed by atoms with van der Waals surface area (Å²) in [7, 11) is -3.86. The molecule has 0 saturated carbocycles. The Bertz CT molecular complexity index is 1930. The molecule has 3 N–H and O–H groups in total. The zero-order valence-corrected chi connectivity index (χ0v) is 29.4. The minimum atomic E-state index is -4.62. The fourth-order valence-electron chi connectivity index (χ4n) is 6.32. The molecule has 9 nitrogen and oxygen atoms in total. The second kappa shape index (κ2) is 15.5. The number of rotatable bonds is 12. The number of sulfone groups is 1. The number of aromatic nitrogens is 1. The molecule has 2 heterocycles. The summed E-state index contributed by atoms with van der Waals surface area (Å²) in [5, 5.41) is 15.9. The van der Waals surface area contributed by atoms with Gasteiger partial charge in [0, 0.05) is 48.0 Å². The summed E-state index contributed by atoms with van der Waals surface area (Å²) in [5.41, 5.74) is 1.04. The first-order valence-corrected chi connectivity index (χ1v) is 18.5. The molecule has 1 fully saturated rings. The SMILES string of the molecule is CC(C)Oc1cc2nc(-c3cccc(C(F)(F)F)c3)c(CN3CCC(NCCO)CC3)c(C(=O)NC(C)c3ccccc3)c2cc1S(C)(=O)=O. The van der Waals surface area contributed by atoms with Crippen LogP contribution in [0.5, 0.6) is 5.75 Å². The maximum absolute atomic E-state index is 14.6. The average molecular weight is 713 g/mol. The monoisotopic (exact) mass is 712 g/mol. The van der Waals surface area contributed by atoms with Gasteiger partial charge in [-0.05, 0) is 70.5 Å². The van der Waals surface area contributed by atoms with E-state index in [0.717, 1.165) is 36.8 Å². The highest BCUT2D eigenvalue weighted by Crippen LogP contribution is 2.39. The number of hydrogen-bond donors (Lipinski definition) is 3. The van der Waals surface area contributed by atoms with E-state index in [2.05, 4.69) is 15.5 Å². The molecular weight excluding hydrogens is 669 g/mol. The standard InChI is InChI=1S/C37H43F3N4O5S/c1-23(2)49-32-21-31-29(20-33(32)50(4,47)48)34(36(46)42-24(3)25-9-6-5-7-10-25)30(22-44-16-13-28(14-17-44)41-15-18-45)35(43-31)26-11-8-12-27(19-26)37(38,39)40/h5-12,19-21,23-24,28,41,45H,13-18,22H2,1-4H3,(H,42,46). The van der Waals surface area contributed by atoms with Gasteiger partial charge in [-0.1, -0.05) is 42.5 Å². The van der Waals surface area contributed by atoms with Gasteiger partial charge in [0.1, 0.15) is 10.6 Å². The van der Waals surface area contributed by atoms with Crippen molar-refractivity contribution in [2.75, 3.05) is 32.5 Å². The second-order valence-corrected chi connectivity index (χ2v) is 15.0. The molecule has 1 unspecified atom stereocenters. The first-order chi connectivity index (χ1) is 23.7. The van der Waals surface area contributed by atoms with Crippen molar-refractivity contribution in [3.05, 3.63) is 89.0 Å². The Labute approximate surface area is 290 Å². The number of carbonyl (C=O) groups is 1. The van der Waals surface area contributed by atoms with Gasteiger partial charge in [0.2, 0.25) is 0 Å². The number of piperidine rings is 1. The number of alkyl halides is 3. The van der Waals surface area contributed by atoms with Gasteiger partial charge in [-0.3, -0.25) is 9.69 Å². The third-order valence-electron chi connectivity index (χ3n) is 8.77. The highest BCUT2D eigenvalue weighted by Gasteiger charge is 2.32. The van der Waals surface area contributed by atoms with Crippen LogP contribution >= 0.6 is 0 Å². The van der Waals surface area contributed by atoms with Gasteiger partial charge >= 0.3 is 6.18 Å². The second-order valence-electron chi connectivity index (χ2n) is 13.0. The van der Waals surface area contributed by atoms with Crippen molar-refractivity contribution in [2.45, 2.75) is 69.4 Å². The summed E-state index contributed by atoms with van der Waals surface area (Å²) in [6.45, 7) is 7.19. The van der Waals surface area contributed by atoms with Crippen molar-refractivity contribution >= 4 is 26.6 Å². The predicted octanol–water partition coefficient (Wildman–Crippen LogP) is 6.15. The average Bonchev–Trinajstić information content (AvgIpc) is 3.06. The zero-order chi connectivity index (χ0) is 36.2. The molecule has 0 bridgehead atoms. The van der Waals surface area contributed by atoms with Crippen LogP contribution in [0.4, 0.5) is 13.2 Å². The van der Waals surface area contributed by atoms with E-state index in [1.165, 1.54) is 24.3 Å². The number of hydrogen-bond acceptors (Lipinski definition) is 8. The Hall–Kier alpha value is -4.04. The number of benzene rings is 3. The molecule has 13 heteroatoms. The number of amides is 1. The Kier molecular flexibility index (Phi) is 11.5. The molecule has 4 aromatic rings. The van der Waals surface area contributed by atoms with E-state index in [9.17, 15) is 31.5 Å². The topological polar surface area (TPSA) is 121 Å². The molecule has 1 aliphatic rings. The quantitative estimate of drug-likeness (QED) is 0.160. The number of nitrogens with zero attached hydrogens (tertiary/aromatic N) is 2. The lowest BCUT2D eigenvalue weighted by atomic mass is 9.93. The molecule has 0 spiro atoms. The number of nitrogens with one attached hydrogen (secondary N) is 2. The minimum absolute atomic E-state index is 0.0165. The lowest BCUT2D eigenvalue weighted by Gasteiger charge is -2.33. The number of ether oxygens (including phenoxy) is 1. The number of likely N-dealkylation sites (tertiary alicyclic amines) is 1. The normalized spacial score (nSPS) is 15.4. The summed E-state index contributed by atoms with van der Waals surface area (Å²) in [5.74, 6) is -0.486. The smallest absolute Gasteiger partial charge is 0.416 e. The largest absolute Gasteiger partial charge is 0.490 e. The number of aliphatic hydroxyl groups excluding tert-OH is 1. The molecule has 0 radical (unpaired) electrons. The molecule has 1 aromatic heterocycles. The predicted molar refractivity (Wildman–Crippen MR) is 187 cm³/mol. The van der Waals surface area contributed by atoms with E-state index in [0.29, 0.717) is 25.2 Å². The van der Waals surface area contributed by atoms with E-state index < -0.39 is 39.6 Å². The molecule has 1 saturated heterocycles. The van der Waals surface area contributed by atoms with Crippen molar-refractivity contribution in [3.8, 4) is 17.0 Å². The maximum atomic E-state index is 14.6. The van der Waals surface area contributed by atoms with Crippen molar-refractivity contribution in [1.82, 2.24) is 20.5 Å². The minimum Gasteiger partial charge on any atom is -0.490 e. The van der Waals surface area contributed by atoms with Crippen molar-refractivity contribution in [3.63, 3.8) is 0 Å². The molecule has 1 aliphatic heterocycles. The zero-order valence-electron chi connectivity index (χ0n) is 28.5. The Morgan fingerprint density at radius 1 is 1.04 bits per heavy atom. The molecule has 1 atom stereocenters. The highest BCUT2D eigenvalue weighted by molar-refractivity contribution is 7.90. The molecule has 268 valence electrons. The van der Waals surface area contributed by atoms with Gasteiger partial charge in [0.15, 0.2) is 9.84 Å². The van der Waals surface area contributed by atoms with Gasteiger partial charge < -0.3 is 20.5 Å². The molecular formula is C37H43F3N4O5S. The van der Waals surface area contributed by atoms with E-state index in [1.807, 2.05) is 37.3 Å². The first-order valence-electron chi connectivity index (χ1n) is 16.6. The number of carbonyl (C=O) groups excluding carboxylic acids is 1. The van der Waals surface area contributed by atoms with Gasteiger partial charge in [-0.15, -0.1) is 0 Å². The lowest BCUT2D eigenvalue weighted by molar-refractivity contribution is -0.137. The summed E-state index contributed by atoms with van der Waals surface area (Å²) in [6, 6.07) is 16.7. The molecule has 0 aliphatic carbocycles. The molecule has 50 heavy (non-hydrogen) atoms. The van der Waals surface area contributed by atoms with Crippen LogP contribution in [0.1, 0.15) is 66.7 Å². The van der Waals surface area contributed by atoms with Gasteiger partial charge in [-0.2, -0.15) is 13.2 Å². The third-order valence-corrected chi connectivity index (χ3v) is 9.88. The summed E-state index contributed by atoms with van der Waals surface area (Å²) in [6.07, 6.45) is -2.47. The van der Waals surface area contributed by atoms with Crippen LogP contribution < -0.4 is 15.4 Å². The lowest BCUT2D eigenvalue weighted by Crippen LogP contribution is -2.43. The van der Waals surface area contributed by atoms with Crippen LogP contribution in [0.15, 0.2) is 71.6 Å². The Balaban J connectivity index is 1.76. The molecule has 3 aromatic carbocycles. The van der Waals surface area contributed by atoms with Crippen LogP contribution in [-0.2, 0) is 22.6 Å². The van der Waals surface area contributed by atoms with Gasteiger partial charge in [0.25, 0.3) is 5.91 Å². The van der Waals surface area contributed by atoms with Gasteiger partial charge in [-0.25, -0.2) is 13.4 Å². The van der Waals surface area contributed by atoms with Crippen molar-refractivity contribution in [1.29, 1.82) is 0 Å². The van der Waals surface area contributed by atoms with E-state index in [-0.39, 0.29) is 57.6 Å². The highest BCUT2D eigenvalue weighted by atomic mass is 32.2. The van der Waals surface area contributed by atoms with E-state index in [4.69, 9.17) is 9.72 Å². The first kappa shape index (κ1) is 37.2.